The molecule has 2 rings (SSSR count). The standard InChI is InChI=1S/C20H26N2O2S/c23-19(22-16-10-4-3-5-11-16)14-6-1-2-9-15-21-20(24)17-12-7-8-13-18(17)25/h4,7-8,10-13,25H,1-3,5-6,9,14-15H2,(H,21,24)(H,22,23). The van der Waals surface area contributed by atoms with Crippen LogP contribution in [0.1, 0.15) is 55.3 Å². The number of hydrogen-bond acceptors (Lipinski definition) is 3. The summed E-state index contributed by atoms with van der Waals surface area (Å²) >= 11 is 4.29. The van der Waals surface area contributed by atoms with Crippen LogP contribution in [0, 0.1) is 0 Å². The molecule has 0 fully saturated rings. The summed E-state index contributed by atoms with van der Waals surface area (Å²) in [5.41, 5.74) is 1.53. The summed E-state index contributed by atoms with van der Waals surface area (Å²) in [5.74, 6) is -0.00437. The lowest BCUT2D eigenvalue weighted by molar-refractivity contribution is -0.120. The number of thiol groups is 1. The van der Waals surface area contributed by atoms with E-state index >= 15 is 0 Å². The van der Waals surface area contributed by atoms with Crippen molar-refractivity contribution in [3.63, 3.8) is 0 Å². The van der Waals surface area contributed by atoms with Crippen molar-refractivity contribution < 1.29 is 9.59 Å². The Bertz CT molecular complexity index is 653. The first-order valence-electron chi connectivity index (χ1n) is 8.89. The predicted octanol–water partition coefficient (Wildman–Crippen LogP) is 4.01. The largest absolute Gasteiger partial charge is 0.352 e. The zero-order chi connectivity index (χ0) is 17.9. The van der Waals surface area contributed by atoms with Gasteiger partial charge in [-0.05, 0) is 43.9 Å². The van der Waals surface area contributed by atoms with Crippen molar-refractivity contribution in [2.24, 2.45) is 0 Å². The van der Waals surface area contributed by atoms with Gasteiger partial charge < -0.3 is 10.6 Å². The summed E-state index contributed by atoms with van der Waals surface area (Å²) in [6.07, 6.45) is 12.5. The number of allylic oxidation sites excluding steroid dienone is 3. The number of rotatable bonds is 9. The monoisotopic (exact) mass is 358 g/mol. The Balaban J connectivity index is 1.51. The highest BCUT2D eigenvalue weighted by molar-refractivity contribution is 7.80. The molecule has 0 unspecified atom stereocenters. The molecular formula is C20H26N2O2S. The third-order valence-electron chi connectivity index (χ3n) is 4.04. The normalized spacial score (nSPS) is 13.2. The zero-order valence-corrected chi connectivity index (χ0v) is 15.4. The summed E-state index contributed by atoms with van der Waals surface area (Å²) in [6, 6.07) is 7.27. The fraction of sp³-hybridized carbons (Fsp3) is 0.400. The molecule has 0 heterocycles. The molecule has 0 spiro atoms. The average molecular weight is 359 g/mol. The topological polar surface area (TPSA) is 58.2 Å². The van der Waals surface area contributed by atoms with Gasteiger partial charge in [0.1, 0.15) is 0 Å². The van der Waals surface area contributed by atoms with Crippen LogP contribution in [0.2, 0.25) is 0 Å². The molecule has 2 amide bonds. The van der Waals surface area contributed by atoms with Crippen LogP contribution in [0.15, 0.2) is 53.1 Å². The van der Waals surface area contributed by atoms with Gasteiger partial charge in [0, 0.05) is 23.6 Å². The molecule has 5 heteroatoms. The Labute approximate surface area is 155 Å². The van der Waals surface area contributed by atoms with Gasteiger partial charge in [-0.15, -0.1) is 12.6 Å². The molecule has 2 N–H and O–H groups in total. The quantitative estimate of drug-likeness (QED) is 0.461. The third kappa shape index (κ3) is 7.18. The second kappa shape index (κ2) is 10.8. The Morgan fingerprint density at radius 3 is 2.60 bits per heavy atom. The first-order valence-corrected chi connectivity index (χ1v) is 9.34. The summed E-state index contributed by atoms with van der Waals surface area (Å²) in [7, 11) is 0. The van der Waals surface area contributed by atoms with Crippen molar-refractivity contribution in [3.8, 4) is 0 Å². The lowest BCUT2D eigenvalue weighted by atomic mass is 10.1. The fourth-order valence-electron chi connectivity index (χ4n) is 2.66. The maximum absolute atomic E-state index is 12.0. The lowest BCUT2D eigenvalue weighted by Crippen LogP contribution is -2.24. The Hall–Kier alpha value is -2.01. The van der Waals surface area contributed by atoms with Gasteiger partial charge in [0.05, 0.1) is 5.56 Å². The highest BCUT2D eigenvalue weighted by Gasteiger charge is 2.07. The van der Waals surface area contributed by atoms with E-state index in [2.05, 4.69) is 35.4 Å². The number of carbonyl (C=O) groups excluding carboxylic acids is 2. The summed E-state index contributed by atoms with van der Waals surface area (Å²) in [4.78, 5) is 24.5. The molecule has 4 nitrogen and oxygen atoms in total. The minimum atomic E-state index is -0.0845. The van der Waals surface area contributed by atoms with Crippen LogP contribution >= 0.6 is 12.6 Å². The van der Waals surface area contributed by atoms with Crippen molar-refractivity contribution in [2.45, 2.75) is 49.8 Å². The maximum Gasteiger partial charge on any atom is 0.252 e. The number of unbranched alkanes of at least 4 members (excludes halogenated alkanes) is 3. The van der Waals surface area contributed by atoms with Gasteiger partial charge in [-0.2, -0.15) is 0 Å². The first kappa shape index (κ1) is 19.3. The number of hydrogen-bond donors (Lipinski definition) is 3. The number of nitrogens with one attached hydrogen (secondary N) is 2. The van der Waals surface area contributed by atoms with Crippen LogP contribution in [0.25, 0.3) is 0 Å². The number of amides is 2. The van der Waals surface area contributed by atoms with Gasteiger partial charge in [-0.25, -0.2) is 0 Å². The average Bonchev–Trinajstić information content (AvgIpc) is 2.62. The molecule has 1 aliphatic carbocycles. The Morgan fingerprint density at radius 1 is 1.04 bits per heavy atom. The van der Waals surface area contributed by atoms with Crippen molar-refractivity contribution in [3.05, 3.63) is 53.8 Å². The van der Waals surface area contributed by atoms with E-state index < -0.39 is 0 Å². The van der Waals surface area contributed by atoms with Gasteiger partial charge in [-0.1, -0.05) is 37.1 Å². The summed E-state index contributed by atoms with van der Waals surface area (Å²) in [5, 5.41) is 5.84. The number of benzene rings is 1. The van der Waals surface area contributed by atoms with Gasteiger partial charge in [-0.3, -0.25) is 9.59 Å². The second-order valence-corrected chi connectivity index (χ2v) is 6.61. The van der Waals surface area contributed by atoms with Crippen LogP contribution < -0.4 is 10.6 Å². The van der Waals surface area contributed by atoms with Crippen LogP contribution in [0.4, 0.5) is 0 Å². The summed E-state index contributed by atoms with van der Waals surface area (Å²) in [6.45, 7) is 0.644. The highest BCUT2D eigenvalue weighted by atomic mass is 32.1. The molecular weight excluding hydrogens is 332 g/mol. The molecule has 0 saturated carbocycles. The van der Waals surface area contributed by atoms with Crippen molar-refractivity contribution in [1.82, 2.24) is 10.6 Å². The maximum atomic E-state index is 12.0. The molecule has 0 radical (unpaired) electrons. The van der Waals surface area contributed by atoms with Crippen molar-refractivity contribution >= 4 is 24.4 Å². The van der Waals surface area contributed by atoms with E-state index in [0.29, 0.717) is 23.4 Å². The molecule has 1 aliphatic rings. The van der Waals surface area contributed by atoms with E-state index in [0.717, 1.165) is 44.2 Å². The predicted molar refractivity (Wildman–Crippen MR) is 104 cm³/mol. The first-order chi connectivity index (χ1) is 12.2. The van der Waals surface area contributed by atoms with E-state index in [1.54, 1.807) is 6.07 Å². The second-order valence-electron chi connectivity index (χ2n) is 6.12. The van der Waals surface area contributed by atoms with Gasteiger partial charge in [0.2, 0.25) is 5.91 Å². The highest BCUT2D eigenvalue weighted by Crippen LogP contribution is 2.12. The molecule has 25 heavy (non-hydrogen) atoms. The van der Waals surface area contributed by atoms with E-state index in [9.17, 15) is 9.59 Å². The molecule has 0 aromatic heterocycles. The summed E-state index contributed by atoms with van der Waals surface area (Å²) < 4.78 is 0. The van der Waals surface area contributed by atoms with Crippen molar-refractivity contribution in [1.29, 1.82) is 0 Å². The number of carbonyl (C=O) groups is 2. The molecule has 1 aromatic carbocycles. The van der Waals surface area contributed by atoms with Crippen LogP contribution in [0.3, 0.4) is 0 Å². The van der Waals surface area contributed by atoms with E-state index in [4.69, 9.17) is 0 Å². The third-order valence-corrected chi connectivity index (χ3v) is 4.43. The molecule has 0 atom stereocenters. The van der Waals surface area contributed by atoms with Gasteiger partial charge in [0.15, 0.2) is 0 Å². The minimum absolute atomic E-state index is 0.0801. The molecule has 0 saturated heterocycles. The van der Waals surface area contributed by atoms with Gasteiger partial charge in [0.25, 0.3) is 5.91 Å². The molecule has 0 aliphatic heterocycles. The Morgan fingerprint density at radius 2 is 1.84 bits per heavy atom. The lowest BCUT2D eigenvalue weighted by Gasteiger charge is -2.09. The minimum Gasteiger partial charge on any atom is -0.352 e. The molecule has 134 valence electrons. The molecule has 0 bridgehead atoms. The fourth-order valence-corrected chi connectivity index (χ4v) is 2.92. The van der Waals surface area contributed by atoms with Crippen LogP contribution in [0.5, 0.6) is 0 Å². The van der Waals surface area contributed by atoms with Crippen molar-refractivity contribution in [2.75, 3.05) is 6.54 Å². The zero-order valence-electron chi connectivity index (χ0n) is 14.5. The van der Waals surface area contributed by atoms with E-state index in [1.807, 2.05) is 24.3 Å². The van der Waals surface area contributed by atoms with Crippen LogP contribution in [-0.2, 0) is 4.79 Å². The van der Waals surface area contributed by atoms with Gasteiger partial charge >= 0.3 is 0 Å². The molecule has 1 aromatic rings. The smallest absolute Gasteiger partial charge is 0.252 e. The SMILES string of the molecule is O=C(CCCCCCNC(=O)c1ccccc1S)NC1=CCCC=C1. The van der Waals surface area contributed by atoms with Crippen LogP contribution in [-0.4, -0.2) is 18.4 Å². The van der Waals surface area contributed by atoms with E-state index in [-0.39, 0.29) is 11.8 Å². The Kier molecular flexibility index (Phi) is 8.32. The van der Waals surface area contributed by atoms with E-state index in [1.165, 1.54) is 0 Å².